The number of hydrogen-bond acceptors (Lipinski definition) is 2. The van der Waals surface area contributed by atoms with Crippen molar-refractivity contribution in [1.82, 2.24) is 4.57 Å². The lowest BCUT2D eigenvalue weighted by molar-refractivity contribution is 0.0972. The largest absolute Gasteiger partial charge is 0.344 e. The number of aromatic nitrogens is 1. The van der Waals surface area contributed by atoms with Gasteiger partial charge in [-0.05, 0) is 43.5 Å². The van der Waals surface area contributed by atoms with Crippen molar-refractivity contribution in [3.05, 3.63) is 58.4 Å². The van der Waals surface area contributed by atoms with Gasteiger partial charge in [0.1, 0.15) is 0 Å². The third-order valence-electron chi connectivity index (χ3n) is 3.96. The zero-order valence-electron chi connectivity index (χ0n) is 11.5. The van der Waals surface area contributed by atoms with Gasteiger partial charge >= 0.3 is 0 Å². The Morgan fingerprint density at radius 2 is 2.00 bits per heavy atom. The lowest BCUT2D eigenvalue weighted by atomic mass is 9.96. The van der Waals surface area contributed by atoms with Crippen molar-refractivity contribution < 1.29 is 4.79 Å². The average Bonchev–Trinajstić information content (AvgIpc) is 2.78. The van der Waals surface area contributed by atoms with Crippen LogP contribution in [-0.4, -0.2) is 10.4 Å². The number of benzene rings is 1. The smallest absolute Gasteiger partial charge is 0.164 e. The van der Waals surface area contributed by atoms with Crippen LogP contribution in [0.15, 0.2) is 30.3 Å². The monoisotopic (exact) mass is 264 g/mol. The van der Waals surface area contributed by atoms with Crippen LogP contribution in [0.4, 0.5) is 0 Å². The van der Waals surface area contributed by atoms with E-state index >= 15 is 0 Å². The minimum absolute atomic E-state index is 0.271. The number of ketones is 1. The molecule has 0 saturated heterocycles. The topological polar surface area (TPSA) is 45.8 Å². The van der Waals surface area contributed by atoms with Crippen LogP contribution in [-0.2, 0) is 13.0 Å². The molecule has 0 aliphatic heterocycles. The zero-order valence-corrected chi connectivity index (χ0v) is 11.5. The second-order valence-corrected chi connectivity index (χ2v) is 5.32. The summed E-state index contributed by atoms with van der Waals surface area (Å²) in [6.07, 6.45) is 2.60. The Morgan fingerprint density at radius 1 is 1.25 bits per heavy atom. The molecule has 1 aliphatic carbocycles. The number of nitriles is 1. The van der Waals surface area contributed by atoms with Crippen LogP contribution in [0, 0.1) is 18.3 Å². The minimum atomic E-state index is 0.271. The number of hydrogen-bond donors (Lipinski definition) is 0. The highest BCUT2D eigenvalue weighted by Gasteiger charge is 2.22. The van der Waals surface area contributed by atoms with E-state index in [4.69, 9.17) is 5.26 Å². The summed E-state index contributed by atoms with van der Waals surface area (Å²) in [5.74, 6) is 0.271. The van der Waals surface area contributed by atoms with Crippen molar-refractivity contribution in [3.63, 3.8) is 0 Å². The fourth-order valence-corrected chi connectivity index (χ4v) is 2.88. The lowest BCUT2D eigenvalue weighted by Crippen LogP contribution is -2.14. The van der Waals surface area contributed by atoms with Gasteiger partial charge in [-0.1, -0.05) is 12.1 Å². The van der Waals surface area contributed by atoms with Gasteiger partial charge in [-0.25, -0.2) is 0 Å². The first-order valence-electron chi connectivity index (χ1n) is 6.90. The van der Waals surface area contributed by atoms with Gasteiger partial charge in [0.15, 0.2) is 5.78 Å². The van der Waals surface area contributed by atoms with E-state index in [9.17, 15) is 4.79 Å². The van der Waals surface area contributed by atoms with Crippen LogP contribution in [0.3, 0.4) is 0 Å². The highest BCUT2D eigenvalue weighted by Crippen LogP contribution is 2.25. The van der Waals surface area contributed by atoms with Gasteiger partial charge < -0.3 is 4.57 Å². The van der Waals surface area contributed by atoms with E-state index in [0.717, 1.165) is 36.2 Å². The summed E-state index contributed by atoms with van der Waals surface area (Å²) in [5.41, 5.74) is 5.04. The van der Waals surface area contributed by atoms with Crippen LogP contribution in [0.5, 0.6) is 0 Å². The first-order valence-corrected chi connectivity index (χ1v) is 6.90. The van der Waals surface area contributed by atoms with E-state index in [1.165, 1.54) is 5.69 Å². The zero-order chi connectivity index (χ0) is 14.1. The molecule has 0 spiro atoms. The number of nitrogens with zero attached hydrogens (tertiary/aromatic N) is 2. The Labute approximate surface area is 118 Å². The molecule has 0 radical (unpaired) electrons. The Morgan fingerprint density at radius 3 is 2.70 bits per heavy atom. The number of carbonyl (C=O) groups is 1. The molecule has 0 saturated carbocycles. The molecule has 20 heavy (non-hydrogen) atoms. The summed E-state index contributed by atoms with van der Waals surface area (Å²) in [4.78, 5) is 11.9. The first-order chi connectivity index (χ1) is 9.69. The van der Waals surface area contributed by atoms with E-state index in [0.29, 0.717) is 12.0 Å². The molecule has 3 heteroatoms. The highest BCUT2D eigenvalue weighted by atomic mass is 16.1. The molecule has 1 heterocycles. The second kappa shape index (κ2) is 4.97. The lowest BCUT2D eigenvalue weighted by Gasteiger charge is -2.16. The molecular weight excluding hydrogens is 248 g/mol. The van der Waals surface area contributed by atoms with E-state index in [2.05, 4.69) is 17.6 Å². The van der Waals surface area contributed by atoms with Crippen molar-refractivity contribution in [2.45, 2.75) is 32.7 Å². The Balaban J connectivity index is 1.94. The molecule has 0 unspecified atom stereocenters. The Kier molecular flexibility index (Phi) is 3.15. The fourth-order valence-electron chi connectivity index (χ4n) is 2.88. The summed E-state index contributed by atoms with van der Waals surface area (Å²) >= 11 is 0. The van der Waals surface area contributed by atoms with Crippen molar-refractivity contribution >= 4 is 5.78 Å². The summed E-state index contributed by atoms with van der Waals surface area (Å²) in [6, 6.07) is 11.8. The van der Waals surface area contributed by atoms with Crippen LogP contribution in [0.2, 0.25) is 0 Å². The fraction of sp³-hybridized carbons (Fsp3) is 0.294. The molecule has 1 aliphatic rings. The number of carbonyl (C=O) groups excluding carboxylic acids is 1. The summed E-state index contributed by atoms with van der Waals surface area (Å²) in [7, 11) is 0. The Bertz CT molecular complexity index is 702. The Hall–Kier alpha value is -2.34. The summed E-state index contributed by atoms with van der Waals surface area (Å²) < 4.78 is 2.23. The van der Waals surface area contributed by atoms with Crippen molar-refractivity contribution in [2.75, 3.05) is 0 Å². The van der Waals surface area contributed by atoms with Gasteiger partial charge in [0.05, 0.1) is 11.6 Å². The van der Waals surface area contributed by atoms with E-state index < -0.39 is 0 Å². The normalized spacial score (nSPS) is 13.9. The maximum Gasteiger partial charge on any atom is 0.164 e. The van der Waals surface area contributed by atoms with Crippen LogP contribution in [0.25, 0.3) is 0 Å². The van der Waals surface area contributed by atoms with Crippen molar-refractivity contribution in [1.29, 1.82) is 5.26 Å². The van der Waals surface area contributed by atoms with Gasteiger partial charge in [0.2, 0.25) is 0 Å². The van der Waals surface area contributed by atoms with Crippen LogP contribution < -0.4 is 0 Å². The molecule has 0 N–H and O–H groups in total. The third kappa shape index (κ3) is 2.14. The number of aryl methyl sites for hydroxylation is 1. The molecule has 2 aromatic rings. The standard InChI is InChI=1S/C17H16N2O/c1-12-9-15-16(3-2-4-17(15)20)19(12)11-14-7-5-13(10-18)6-8-14/h5-9H,2-4,11H2,1H3. The molecule has 3 rings (SSSR count). The van der Waals surface area contributed by atoms with Crippen molar-refractivity contribution in [3.8, 4) is 6.07 Å². The maximum atomic E-state index is 11.9. The third-order valence-corrected chi connectivity index (χ3v) is 3.96. The molecule has 100 valence electrons. The first kappa shape index (κ1) is 12.7. The quantitative estimate of drug-likeness (QED) is 0.836. The van der Waals surface area contributed by atoms with E-state index in [1.54, 1.807) is 0 Å². The van der Waals surface area contributed by atoms with Gasteiger partial charge in [0.25, 0.3) is 0 Å². The number of rotatable bonds is 2. The predicted octanol–water partition coefficient (Wildman–Crippen LogP) is 3.24. The van der Waals surface area contributed by atoms with Gasteiger partial charge in [-0.15, -0.1) is 0 Å². The van der Waals surface area contributed by atoms with Gasteiger partial charge in [-0.2, -0.15) is 5.26 Å². The predicted molar refractivity (Wildman–Crippen MR) is 76.7 cm³/mol. The molecule has 0 bridgehead atoms. The molecule has 0 atom stereocenters. The van der Waals surface area contributed by atoms with Crippen LogP contribution in [0.1, 0.15) is 45.7 Å². The molecular formula is C17H16N2O. The number of fused-ring (bicyclic) bond motifs is 1. The van der Waals surface area contributed by atoms with E-state index in [-0.39, 0.29) is 5.78 Å². The maximum absolute atomic E-state index is 11.9. The highest BCUT2D eigenvalue weighted by molar-refractivity contribution is 5.98. The molecule has 1 aromatic carbocycles. The SMILES string of the molecule is Cc1cc2c(n1Cc1ccc(C#N)cc1)CCCC2=O. The molecule has 0 fully saturated rings. The van der Waals surface area contributed by atoms with Gasteiger partial charge in [-0.3, -0.25) is 4.79 Å². The van der Waals surface area contributed by atoms with E-state index in [1.807, 2.05) is 30.3 Å². The number of Topliss-reactive ketones (excluding diaryl/α,β-unsaturated/α-hetero) is 1. The van der Waals surface area contributed by atoms with Crippen LogP contribution >= 0.6 is 0 Å². The van der Waals surface area contributed by atoms with Crippen molar-refractivity contribution in [2.24, 2.45) is 0 Å². The minimum Gasteiger partial charge on any atom is -0.344 e. The van der Waals surface area contributed by atoms with Gasteiger partial charge in [0, 0.05) is 29.9 Å². The molecule has 3 nitrogen and oxygen atoms in total. The second-order valence-electron chi connectivity index (χ2n) is 5.32. The molecule has 1 aromatic heterocycles. The summed E-state index contributed by atoms with van der Waals surface area (Å²) in [6.45, 7) is 2.81. The average molecular weight is 264 g/mol. The summed E-state index contributed by atoms with van der Waals surface area (Å²) in [5, 5.41) is 8.82. The molecule has 0 amide bonds.